The van der Waals surface area contributed by atoms with E-state index < -0.39 is 6.10 Å². The van der Waals surface area contributed by atoms with Crippen molar-refractivity contribution >= 4 is 11.6 Å². The summed E-state index contributed by atoms with van der Waals surface area (Å²) in [4.78, 5) is 13.8. The lowest BCUT2D eigenvalue weighted by molar-refractivity contribution is -0.126. The van der Waals surface area contributed by atoms with Gasteiger partial charge < -0.3 is 10.0 Å². The van der Waals surface area contributed by atoms with Crippen LogP contribution in [0.2, 0.25) is 0 Å². The van der Waals surface area contributed by atoms with Crippen LogP contribution in [0.4, 0.5) is 5.69 Å². The normalized spacial score (nSPS) is 12.0. The Labute approximate surface area is 119 Å². The highest BCUT2D eigenvalue weighted by Crippen LogP contribution is 2.23. The van der Waals surface area contributed by atoms with Crippen molar-refractivity contribution < 1.29 is 9.90 Å². The summed E-state index contributed by atoms with van der Waals surface area (Å²) in [5.41, 5.74) is 3.46. The molecule has 0 aliphatic heterocycles. The van der Waals surface area contributed by atoms with Gasteiger partial charge in [0.1, 0.15) is 0 Å². The van der Waals surface area contributed by atoms with Crippen LogP contribution in [0.3, 0.4) is 0 Å². The Hall–Kier alpha value is -2.13. The number of aryl methyl sites for hydroxylation is 2. The van der Waals surface area contributed by atoms with Gasteiger partial charge in [-0.05, 0) is 37.1 Å². The molecule has 1 unspecified atom stereocenters. The monoisotopic (exact) mass is 269 g/mol. The molecule has 0 saturated carbocycles. The van der Waals surface area contributed by atoms with Crippen LogP contribution in [-0.4, -0.2) is 18.1 Å². The molecule has 1 amide bonds. The number of anilines is 1. The SMILES string of the molecule is Cc1ccc(C(O)C(=O)N(C)c2ccccc2)c(C)c1. The Kier molecular flexibility index (Phi) is 4.20. The predicted molar refractivity (Wildman–Crippen MR) is 80.7 cm³/mol. The number of carbonyl (C=O) groups excluding carboxylic acids is 1. The lowest BCUT2D eigenvalue weighted by Crippen LogP contribution is -2.31. The molecule has 0 aromatic heterocycles. The van der Waals surface area contributed by atoms with Crippen LogP contribution in [-0.2, 0) is 4.79 Å². The van der Waals surface area contributed by atoms with Gasteiger partial charge in [-0.2, -0.15) is 0 Å². The number of aliphatic hydroxyl groups excluding tert-OH is 1. The van der Waals surface area contributed by atoms with Crippen molar-refractivity contribution in [3.8, 4) is 0 Å². The molecule has 3 heteroatoms. The van der Waals surface area contributed by atoms with Crippen molar-refractivity contribution in [1.82, 2.24) is 0 Å². The van der Waals surface area contributed by atoms with E-state index in [0.29, 0.717) is 5.56 Å². The molecule has 0 fully saturated rings. The number of benzene rings is 2. The molecule has 2 aromatic rings. The second kappa shape index (κ2) is 5.88. The molecule has 0 bridgehead atoms. The summed E-state index contributed by atoms with van der Waals surface area (Å²) in [6, 6.07) is 15.0. The summed E-state index contributed by atoms with van der Waals surface area (Å²) in [7, 11) is 1.67. The molecule has 0 heterocycles. The van der Waals surface area contributed by atoms with Gasteiger partial charge in [-0.1, -0.05) is 42.0 Å². The maximum Gasteiger partial charge on any atom is 0.260 e. The van der Waals surface area contributed by atoms with Crippen LogP contribution in [0.15, 0.2) is 48.5 Å². The maximum absolute atomic E-state index is 12.4. The van der Waals surface area contributed by atoms with Crippen molar-refractivity contribution in [2.24, 2.45) is 0 Å². The first-order chi connectivity index (χ1) is 9.50. The van der Waals surface area contributed by atoms with E-state index in [4.69, 9.17) is 0 Å². The number of rotatable bonds is 3. The molecule has 0 aliphatic rings. The molecule has 0 radical (unpaired) electrons. The van der Waals surface area contributed by atoms with Gasteiger partial charge >= 0.3 is 0 Å². The zero-order chi connectivity index (χ0) is 14.7. The minimum atomic E-state index is -1.14. The Morgan fingerprint density at radius 2 is 1.75 bits per heavy atom. The molecule has 104 valence electrons. The second-order valence-corrected chi connectivity index (χ2v) is 5.00. The van der Waals surface area contributed by atoms with Crippen LogP contribution in [0.25, 0.3) is 0 Å². The van der Waals surface area contributed by atoms with E-state index in [9.17, 15) is 9.90 Å². The predicted octanol–water partition coefficient (Wildman–Crippen LogP) is 3.00. The van der Waals surface area contributed by atoms with E-state index in [-0.39, 0.29) is 5.91 Å². The lowest BCUT2D eigenvalue weighted by atomic mass is 10.0. The van der Waals surface area contributed by atoms with Crippen LogP contribution >= 0.6 is 0 Å². The molecule has 2 aromatic carbocycles. The third-order valence-electron chi connectivity index (χ3n) is 3.43. The highest BCUT2D eigenvalue weighted by atomic mass is 16.3. The van der Waals surface area contributed by atoms with Crippen molar-refractivity contribution in [3.63, 3.8) is 0 Å². The summed E-state index contributed by atoms with van der Waals surface area (Å²) in [6.07, 6.45) is -1.14. The van der Waals surface area contributed by atoms with E-state index in [1.54, 1.807) is 7.05 Å². The summed E-state index contributed by atoms with van der Waals surface area (Å²) in [5.74, 6) is -0.330. The van der Waals surface area contributed by atoms with Gasteiger partial charge in [-0.3, -0.25) is 4.79 Å². The molecular formula is C17H19NO2. The minimum Gasteiger partial charge on any atom is -0.378 e. The van der Waals surface area contributed by atoms with E-state index in [0.717, 1.165) is 16.8 Å². The average molecular weight is 269 g/mol. The minimum absolute atomic E-state index is 0.330. The topological polar surface area (TPSA) is 40.5 Å². The second-order valence-electron chi connectivity index (χ2n) is 5.00. The smallest absolute Gasteiger partial charge is 0.260 e. The molecule has 0 aliphatic carbocycles. The lowest BCUT2D eigenvalue weighted by Gasteiger charge is -2.22. The highest BCUT2D eigenvalue weighted by Gasteiger charge is 2.23. The van der Waals surface area contributed by atoms with E-state index in [1.807, 2.05) is 62.4 Å². The first kappa shape index (κ1) is 14.3. The van der Waals surface area contributed by atoms with Crippen molar-refractivity contribution in [1.29, 1.82) is 0 Å². The molecule has 0 spiro atoms. The molecule has 0 saturated heterocycles. The highest BCUT2D eigenvalue weighted by molar-refractivity contribution is 5.96. The van der Waals surface area contributed by atoms with Gasteiger partial charge in [0.05, 0.1) is 0 Å². The Bertz CT molecular complexity index is 608. The van der Waals surface area contributed by atoms with Crippen LogP contribution < -0.4 is 4.90 Å². The zero-order valence-corrected chi connectivity index (χ0v) is 12.0. The quantitative estimate of drug-likeness (QED) is 0.930. The molecule has 1 N–H and O–H groups in total. The molecule has 2 rings (SSSR count). The average Bonchev–Trinajstić information content (AvgIpc) is 2.46. The van der Waals surface area contributed by atoms with Crippen molar-refractivity contribution in [3.05, 3.63) is 65.2 Å². The van der Waals surface area contributed by atoms with E-state index in [1.165, 1.54) is 4.90 Å². The molecular weight excluding hydrogens is 250 g/mol. The summed E-state index contributed by atoms with van der Waals surface area (Å²) in [5, 5.41) is 10.3. The van der Waals surface area contributed by atoms with E-state index >= 15 is 0 Å². The number of para-hydroxylation sites is 1. The van der Waals surface area contributed by atoms with Crippen LogP contribution in [0.1, 0.15) is 22.8 Å². The number of amides is 1. The fourth-order valence-electron chi connectivity index (χ4n) is 2.23. The van der Waals surface area contributed by atoms with Gasteiger partial charge in [0.2, 0.25) is 0 Å². The Balaban J connectivity index is 2.24. The van der Waals surface area contributed by atoms with Crippen LogP contribution in [0.5, 0.6) is 0 Å². The maximum atomic E-state index is 12.4. The van der Waals surface area contributed by atoms with Gasteiger partial charge in [0.25, 0.3) is 5.91 Å². The van der Waals surface area contributed by atoms with Crippen molar-refractivity contribution in [2.45, 2.75) is 20.0 Å². The number of nitrogens with zero attached hydrogens (tertiary/aromatic N) is 1. The number of likely N-dealkylation sites (N-methyl/N-ethyl adjacent to an activating group) is 1. The zero-order valence-electron chi connectivity index (χ0n) is 12.0. The third-order valence-corrected chi connectivity index (χ3v) is 3.43. The number of carbonyl (C=O) groups is 1. The fourth-order valence-corrected chi connectivity index (χ4v) is 2.23. The van der Waals surface area contributed by atoms with Gasteiger partial charge in [-0.25, -0.2) is 0 Å². The van der Waals surface area contributed by atoms with Crippen LogP contribution in [0, 0.1) is 13.8 Å². The standard InChI is InChI=1S/C17H19NO2/c1-12-9-10-15(13(2)11-12)16(19)17(20)18(3)14-7-5-4-6-8-14/h4-11,16,19H,1-3H3. The van der Waals surface area contributed by atoms with Gasteiger partial charge in [-0.15, -0.1) is 0 Å². The third kappa shape index (κ3) is 2.89. The summed E-state index contributed by atoms with van der Waals surface area (Å²) >= 11 is 0. The first-order valence-electron chi connectivity index (χ1n) is 6.58. The Morgan fingerprint density at radius 3 is 2.35 bits per heavy atom. The molecule has 3 nitrogen and oxygen atoms in total. The van der Waals surface area contributed by atoms with Crippen molar-refractivity contribution in [2.75, 3.05) is 11.9 Å². The van der Waals surface area contributed by atoms with Gasteiger partial charge in [0, 0.05) is 12.7 Å². The molecule has 20 heavy (non-hydrogen) atoms. The van der Waals surface area contributed by atoms with Gasteiger partial charge in [0.15, 0.2) is 6.10 Å². The fraction of sp³-hybridized carbons (Fsp3) is 0.235. The molecule has 1 atom stereocenters. The first-order valence-corrected chi connectivity index (χ1v) is 6.58. The summed E-state index contributed by atoms with van der Waals surface area (Å²) < 4.78 is 0. The largest absolute Gasteiger partial charge is 0.378 e. The number of aliphatic hydroxyl groups is 1. The number of hydrogen-bond acceptors (Lipinski definition) is 2. The van der Waals surface area contributed by atoms with E-state index in [2.05, 4.69) is 0 Å². The Morgan fingerprint density at radius 1 is 1.10 bits per heavy atom. The summed E-state index contributed by atoms with van der Waals surface area (Å²) in [6.45, 7) is 3.89. The number of hydrogen-bond donors (Lipinski definition) is 1.